The molecule has 0 saturated carbocycles. The molecule has 0 unspecified atom stereocenters. The van der Waals surface area contributed by atoms with Crippen molar-refractivity contribution in [2.45, 2.75) is 6.54 Å². The van der Waals surface area contributed by atoms with Crippen molar-refractivity contribution in [3.05, 3.63) is 58.7 Å². The number of pyridine rings is 1. The van der Waals surface area contributed by atoms with E-state index in [0.29, 0.717) is 11.3 Å². The van der Waals surface area contributed by atoms with Crippen LogP contribution in [0.5, 0.6) is 0 Å². The summed E-state index contributed by atoms with van der Waals surface area (Å²) in [6, 6.07) is 9.06. The predicted octanol–water partition coefficient (Wildman–Crippen LogP) is 1.33. The van der Waals surface area contributed by atoms with Crippen molar-refractivity contribution in [2.75, 3.05) is 5.32 Å². The molecule has 0 aliphatic heterocycles. The van der Waals surface area contributed by atoms with Gasteiger partial charge in [0.1, 0.15) is 12.4 Å². The lowest BCUT2D eigenvalue weighted by Crippen LogP contribution is -2.25. The van der Waals surface area contributed by atoms with Crippen molar-refractivity contribution in [1.29, 1.82) is 0 Å². The average Bonchev–Trinajstić information content (AvgIpc) is 2.83. The number of benzene rings is 1. The second-order valence-corrected chi connectivity index (χ2v) is 4.70. The Bertz CT molecular complexity index is 943. The molecule has 0 radical (unpaired) electrons. The summed E-state index contributed by atoms with van der Waals surface area (Å²) in [4.78, 5) is 38.7. The van der Waals surface area contributed by atoms with Gasteiger partial charge in [-0.25, -0.2) is 14.6 Å². The number of aromatic nitrogens is 2. The fourth-order valence-electron chi connectivity index (χ4n) is 2.11. The first-order chi connectivity index (χ1) is 11.0. The van der Waals surface area contributed by atoms with E-state index >= 15 is 0 Å². The monoisotopic (exact) mass is 313 g/mol. The van der Waals surface area contributed by atoms with E-state index in [0.717, 1.165) is 4.57 Å². The van der Waals surface area contributed by atoms with Crippen molar-refractivity contribution in [2.24, 2.45) is 0 Å². The minimum Gasteiger partial charge on any atom is -0.478 e. The molecule has 0 saturated heterocycles. The third-order valence-electron chi connectivity index (χ3n) is 3.15. The zero-order valence-electron chi connectivity index (χ0n) is 11.7. The van der Waals surface area contributed by atoms with Gasteiger partial charge < -0.3 is 14.8 Å². The van der Waals surface area contributed by atoms with Crippen LogP contribution in [0.25, 0.3) is 11.1 Å². The van der Waals surface area contributed by atoms with Crippen molar-refractivity contribution < 1.29 is 19.1 Å². The molecule has 0 bridgehead atoms. The maximum Gasteiger partial charge on any atom is 0.420 e. The summed E-state index contributed by atoms with van der Waals surface area (Å²) in [7, 11) is 0. The lowest BCUT2D eigenvalue weighted by atomic mass is 10.2. The molecular formula is C15H11N3O5. The highest BCUT2D eigenvalue weighted by atomic mass is 16.4. The quantitative estimate of drug-likeness (QED) is 0.751. The number of rotatable bonds is 4. The molecule has 1 amide bonds. The highest BCUT2D eigenvalue weighted by Gasteiger charge is 2.15. The van der Waals surface area contributed by atoms with Crippen molar-refractivity contribution in [3.63, 3.8) is 0 Å². The molecule has 8 heteroatoms. The van der Waals surface area contributed by atoms with Gasteiger partial charge in [0.15, 0.2) is 5.58 Å². The van der Waals surface area contributed by atoms with Crippen LogP contribution in [0.3, 0.4) is 0 Å². The number of fused-ring (bicyclic) bond motifs is 1. The van der Waals surface area contributed by atoms with Gasteiger partial charge in [-0.2, -0.15) is 0 Å². The Morgan fingerprint density at radius 2 is 2.09 bits per heavy atom. The number of hydrogen-bond acceptors (Lipinski definition) is 5. The summed E-state index contributed by atoms with van der Waals surface area (Å²) in [6.45, 7) is -0.269. The zero-order valence-corrected chi connectivity index (χ0v) is 11.7. The van der Waals surface area contributed by atoms with Crippen LogP contribution in [0.4, 0.5) is 5.82 Å². The van der Waals surface area contributed by atoms with E-state index in [2.05, 4.69) is 10.3 Å². The molecule has 2 heterocycles. The number of oxazole rings is 1. The van der Waals surface area contributed by atoms with E-state index < -0.39 is 17.6 Å². The van der Waals surface area contributed by atoms with Crippen LogP contribution in [-0.2, 0) is 11.3 Å². The topological polar surface area (TPSA) is 114 Å². The number of nitrogens with zero attached hydrogens (tertiary/aromatic N) is 2. The van der Waals surface area contributed by atoms with E-state index in [9.17, 15) is 14.4 Å². The Balaban J connectivity index is 1.88. The second-order valence-electron chi connectivity index (χ2n) is 4.70. The van der Waals surface area contributed by atoms with E-state index in [-0.39, 0.29) is 17.7 Å². The summed E-state index contributed by atoms with van der Waals surface area (Å²) in [5, 5.41) is 11.5. The Hall–Kier alpha value is -3.42. The normalized spacial score (nSPS) is 10.6. The Morgan fingerprint density at radius 1 is 1.26 bits per heavy atom. The first-order valence-electron chi connectivity index (χ1n) is 6.62. The SMILES string of the molecule is O=C(Cn1c(=O)oc2cc(C(=O)O)ccc21)Nc1ccccn1. The molecule has 2 N–H and O–H groups in total. The molecule has 2 aromatic heterocycles. The summed E-state index contributed by atoms with van der Waals surface area (Å²) in [5.74, 6) is -1.95. The van der Waals surface area contributed by atoms with Crippen LogP contribution in [0.2, 0.25) is 0 Å². The average molecular weight is 313 g/mol. The summed E-state index contributed by atoms with van der Waals surface area (Å²) in [5.41, 5.74) is 0.452. The number of amides is 1. The molecule has 23 heavy (non-hydrogen) atoms. The molecule has 3 aromatic rings. The summed E-state index contributed by atoms with van der Waals surface area (Å²) < 4.78 is 6.11. The third kappa shape index (κ3) is 2.95. The molecular weight excluding hydrogens is 302 g/mol. The lowest BCUT2D eigenvalue weighted by molar-refractivity contribution is -0.116. The minimum atomic E-state index is -1.13. The first kappa shape index (κ1) is 14.5. The fraction of sp³-hybridized carbons (Fsp3) is 0.0667. The maximum absolute atomic E-state index is 12.0. The zero-order chi connectivity index (χ0) is 16.4. The van der Waals surface area contributed by atoms with Gasteiger partial charge in [-0.3, -0.25) is 9.36 Å². The van der Waals surface area contributed by atoms with Crippen LogP contribution >= 0.6 is 0 Å². The van der Waals surface area contributed by atoms with Crippen LogP contribution in [0.1, 0.15) is 10.4 Å². The molecule has 0 fully saturated rings. The highest BCUT2D eigenvalue weighted by molar-refractivity contribution is 5.93. The summed E-state index contributed by atoms with van der Waals surface area (Å²) >= 11 is 0. The molecule has 8 nitrogen and oxygen atoms in total. The van der Waals surface area contributed by atoms with Crippen LogP contribution < -0.4 is 11.1 Å². The van der Waals surface area contributed by atoms with Gasteiger partial charge in [-0.1, -0.05) is 6.07 Å². The fourth-order valence-corrected chi connectivity index (χ4v) is 2.11. The van der Waals surface area contributed by atoms with Crippen LogP contribution in [-0.4, -0.2) is 26.5 Å². The second kappa shape index (κ2) is 5.76. The number of carboxylic acid groups (broad SMARTS) is 1. The highest BCUT2D eigenvalue weighted by Crippen LogP contribution is 2.15. The van der Waals surface area contributed by atoms with E-state index in [4.69, 9.17) is 9.52 Å². The van der Waals surface area contributed by atoms with Crippen molar-refractivity contribution in [3.8, 4) is 0 Å². The number of carbonyl (C=O) groups excluding carboxylic acids is 1. The molecule has 116 valence electrons. The van der Waals surface area contributed by atoms with Gasteiger partial charge in [0.25, 0.3) is 0 Å². The van der Waals surface area contributed by atoms with Crippen LogP contribution in [0, 0.1) is 0 Å². The number of anilines is 1. The maximum atomic E-state index is 12.0. The van der Waals surface area contributed by atoms with Crippen LogP contribution in [0.15, 0.2) is 51.8 Å². The van der Waals surface area contributed by atoms with Gasteiger partial charge in [0, 0.05) is 6.20 Å². The minimum absolute atomic E-state index is 0.00339. The van der Waals surface area contributed by atoms with Gasteiger partial charge in [-0.15, -0.1) is 0 Å². The van der Waals surface area contributed by atoms with Crippen molar-refractivity contribution in [1.82, 2.24) is 9.55 Å². The Morgan fingerprint density at radius 3 is 2.78 bits per heavy atom. The number of carboxylic acids is 1. The Kier molecular flexibility index (Phi) is 3.63. The lowest BCUT2D eigenvalue weighted by Gasteiger charge is -2.04. The van der Waals surface area contributed by atoms with Gasteiger partial charge >= 0.3 is 11.7 Å². The molecule has 1 aromatic carbocycles. The number of carbonyl (C=O) groups is 2. The third-order valence-corrected chi connectivity index (χ3v) is 3.15. The van der Waals surface area contributed by atoms with Gasteiger partial charge in [-0.05, 0) is 30.3 Å². The summed E-state index contributed by atoms with van der Waals surface area (Å²) in [6.07, 6.45) is 1.53. The smallest absolute Gasteiger partial charge is 0.420 e. The van der Waals surface area contributed by atoms with E-state index in [1.807, 2.05) is 0 Å². The van der Waals surface area contributed by atoms with Gasteiger partial charge in [0.2, 0.25) is 5.91 Å². The first-order valence-corrected chi connectivity index (χ1v) is 6.62. The molecule has 0 spiro atoms. The predicted molar refractivity (Wildman–Crippen MR) is 80.3 cm³/mol. The standard InChI is InChI=1S/C15H11N3O5/c19-13(17-12-3-1-2-6-16-12)8-18-10-5-4-9(14(20)21)7-11(10)23-15(18)22/h1-7H,8H2,(H,20,21)(H,16,17,19). The van der Waals surface area contributed by atoms with E-state index in [1.54, 1.807) is 18.2 Å². The number of aromatic carboxylic acids is 1. The van der Waals surface area contributed by atoms with E-state index in [1.165, 1.54) is 24.4 Å². The number of nitrogens with one attached hydrogen (secondary N) is 1. The number of hydrogen-bond donors (Lipinski definition) is 2. The molecule has 0 atom stereocenters. The molecule has 3 rings (SSSR count). The molecule has 0 aliphatic rings. The Labute approximate surface area is 129 Å². The van der Waals surface area contributed by atoms with Gasteiger partial charge in [0.05, 0.1) is 11.1 Å². The largest absolute Gasteiger partial charge is 0.478 e. The van der Waals surface area contributed by atoms with Crippen molar-refractivity contribution >= 4 is 28.8 Å². The molecule has 0 aliphatic carbocycles.